The van der Waals surface area contributed by atoms with E-state index in [4.69, 9.17) is 0 Å². The van der Waals surface area contributed by atoms with Gasteiger partial charge < -0.3 is 10.2 Å². The number of para-hydroxylation sites is 1. The third-order valence-electron chi connectivity index (χ3n) is 4.75. The van der Waals surface area contributed by atoms with Crippen molar-refractivity contribution in [2.75, 3.05) is 18.0 Å². The molecule has 0 aliphatic carbocycles. The van der Waals surface area contributed by atoms with Gasteiger partial charge in [0.15, 0.2) is 0 Å². The molecule has 27 heavy (non-hydrogen) atoms. The van der Waals surface area contributed by atoms with Crippen LogP contribution >= 0.6 is 0 Å². The molecule has 0 spiro atoms. The zero-order valence-electron chi connectivity index (χ0n) is 15.2. The van der Waals surface area contributed by atoms with E-state index in [2.05, 4.69) is 11.4 Å². The van der Waals surface area contributed by atoms with E-state index in [0.717, 1.165) is 36.2 Å². The van der Waals surface area contributed by atoms with Gasteiger partial charge in [-0.15, -0.1) is 0 Å². The normalized spacial score (nSPS) is 13.2. The lowest BCUT2D eigenvalue weighted by Gasteiger charge is -2.31. The van der Waals surface area contributed by atoms with Crippen molar-refractivity contribution in [3.05, 3.63) is 64.7 Å². The monoisotopic (exact) mass is 372 g/mol. The van der Waals surface area contributed by atoms with E-state index in [0.29, 0.717) is 25.5 Å². The highest BCUT2D eigenvalue weighted by Crippen LogP contribution is 2.31. The van der Waals surface area contributed by atoms with Gasteiger partial charge in [-0.2, -0.15) is 0 Å². The summed E-state index contributed by atoms with van der Waals surface area (Å²) in [7, 11) is 0. The first-order valence-corrected chi connectivity index (χ1v) is 9.09. The number of hydrogen-bond acceptors (Lipinski definition) is 2. The summed E-state index contributed by atoms with van der Waals surface area (Å²) in [4.78, 5) is 26.4. The molecule has 2 aromatic rings. The molecule has 0 bridgehead atoms. The van der Waals surface area contributed by atoms with Gasteiger partial charge in [-0.1, -0.05) is 18.2 Å². The Hall–Kier alpha value is -2.76. The third-order valence-corrected chi connectivity index (χ3v) is 4.75. The van der Waals surface area contributed by atoms with E-state index >= 15 is 0 Å². The summed E-state index contributed by atoms with van der Waals surface area (Å²) < 4.78 is 26.5. The zero-order valence-corrected chi connectivity index (χ0v) is 15.2. The van der Waals surface area contributed by atoms with Crippen LogP contribution in [0.25, 0.3) is 0 Å². The number of carbonyl (C=O) groups excluding carboxylic acids is 2. The van der Waals surface area contributed by atoms with E-state index in [-0.39, 0.29) is 18.0 Å². The first kappa shape index (κ1) is 19.0. The van der Waals surface area contributed by atoms with Crippen LogP contribution in [0, 0.1) is 18.6 Å². The molecule has 1 N–H and O–H groups in total. The zero-order chi connectivity index (χ0) is 19.4. The molecule has 0 saturated carbocycles. The minimum absolute atomic E-state index is 0.0208. The average Bonchev–Trinajstić information content (AvgIpc) is 2.64. The number of benzene rings is 2. The van der Waals surface area contributed by atoms with E-state index in [9.17, 15) is 18.4 Å². The van der Waals surface area contributed by atoms with Crippen LogP contribution in [0.3, 0.4) is 0 Å². The van der Waals surface area contributed by atoms with Crippen LogP contribution in [-0.4, -0.2) is 24.9 Å². The maximum atomic E-state index is 13.6. The van der Waals surface area contributed by atoms with E-state index in [1.54, 1.807) is 0 Å². The molecule has 1 aliphatic heterocycles. The van der Waals surface area contributed by atoms with Crippen molar-refractivity contribution in [1.82, 2.24) is 5.32 Å². The summed E-state index contributed by atoms with van der Waals surface area (Å²) in [6.07, 6.45) is 2.65. The number of fused-ring (bicyclic) bond motifs is 1. The Balaban J connectivity index is 1.53. The SMILES string of the molecule is Cc1cccc2c1N(C(=O)CCCNC(=O)c1ccc(F)cc1F)CCC2. The highest BCUT2D eigenvalue weighted by Gasteiger charge is 2.23. The number of rotatable bonds is 5. The second kappa shape index (κ2) is 8.29. The largest absolute Gasteiger partial charge is 0.352 e. The summed E-state index contributed by atoms with van der Waals surface area (Å²) in [5, 5.41) is 2.58. The fourth-order valence-corrected chi connectivity index (χ4v) is 3.44. The number of nitrogens with one attached hydrogen (secondary N) is 1. The van der Waals surface area contributed by atoms with Crippen LogP contribution in [0.1, 0.15) is 40.7 Å². The summed E-state index contributed by atoms with van der Waals surface area (Å²) in [6.45, 7) is 2.95. The fourth-order valence-electron chi connectivity index (χ4n) is 3.44. The lowest BCUT2D eigenvalue weighted by Crippen LogP contribution is -2.36. The highest BCUT2D eigenvalue weighted by molar-refractivity contribution is 5.96. The van der Waals surface area contributed by atoms with Crippen LogP contribution in [0.15, 0.2) is 36.4 Å². The molecule has 0 radical (unpaired) electrons. The minimum Gasteiger partial charge on any atom is -0.352 e. The molecule has 0 aromatic heterocycles. The highest BCUT2D eigenvalue weighted by atomic mass is 19.1. The molecule has 0 fully saturated rings. The molecule has 0 saturated heterocycles. The van der Waals surface area contributed by atoms with Gasteiger partial charge >= 0.3 is 0 Å². The minimum atomic E-state index is -0.899. The Labute approximate surface area is 157 Å². The fraction of sp³-hybridized carbons (Fsp3) is 0.333. The van der Waals surface area contributed by atoms with Gasteiger partial charge in [0.05, 0.1) is 5.56 Å². The van der Waals surface area contributed by atoms with E-state index in [1.807, 2.05) is 24.0 Å². The van der Waals surface area contributed by atoms with Gasteiger partial charge in [0.25, 0.3) is 5.91 Å². The maximum Gasteiger partial charge on any atom is 0.254 e. The predicted molar refractivity (Wildman–Crippen MR) is 99.8 cm³/mol. The Morgan fingerprint density at radius 1 is 1.19 bits per heavy atom. The molecule has 0 atom stereocenters. The summed E-state index contributed by atoms with van der Waals surface area (Å²) >= 11 is 0. The summed E-state index contributed by atoms with van der Waals surface area (Å²) in [5.41, 5.74) is 3.07. The Kier molecular flexibility index (Phi) is 5.84. The number of hydrogen-bond donors (Lipinski definition) is 1. The van der Waals surface area contributed by atoms with Gasteiger partial charge in [0.1, 0.15) is 11.6 Å². The summed E-state index contributed by atoms with van der Waals surface area (Å²) in [5.74, 6) is -2.22. The van der Waals surface area contributed by atoms with Crippen molar-refractivity contribution < 1.29 is 18.4 Å². The molecule has 3 rings (SSSR count). The lowest BCUT2D eigenvalue weighted by molar-refractivity contribution is -0.118. The first-order chi connectivity index (χ1) is 13.0. The van der Waals surface area contributed by atoms with Gasteiger partial charge in [-0.25, -0.2) is 8.78 Å². The van der Waals surface area contributed by atoms with Crippen LogP contribution in [0.5, 0.6) is 0 Å². The van der Waals surface area contributed by atoms with Crippen molar-refractivity contribution in [3.8, 4) is 0 Å². The molecular weight excluding hydrogens is 350 g/mol. The second-order valence-corrected chi connectivity index (χ2v) is 6.72. The van der Waals surface area contributed by atoms with E-state index in [1.165, 1.54) is 5.56 Å². The smallest absolute Gasteiger partial charge is 0.254 e. The second-order valence-electron chi connectivity index (χ2n) is 6.72. The van der Waals surface area contributed by atoms with Crippen LogP contribution in [0.4, 0.5) is 14.5 Å². The molecule has 4 nitrogen and oxygen atoms in total. The van der Waals surface area contributed by atoms with Gasteiger partial charge in [0.2, 0.25) is 5.91 Å². The number of aryl methyl sites for hydroxylation is 2. The van der Waals surface area contributed by atoms with Crippen molar-refractivity contribution in [2.45, 2.75) is 32.6 Å². The van der Waals surface area contributed by atoms with Gasteiger partial charge in [-0.3, -0.25) is 9.59 Å². The first-order valence-electron chi connectivity index (χ1n) is 9.09. The van der Waals surface area contributed by atoms with Gasteiger partial charge in [-0.05, 0) is 49.4 Å². The predicted octanol–water partition coefficient (Wildman–Crippen LogP) is 3.76. The molecule has 0 unspecified atom stereocenters. The molecule has 1 heterocycles. The standard InChI is InChI=1S/C21H22F2N2O2/c1-14-5-2-6-15-7-4-12-25(20(14)15)19(26)8-3-11-24-21(27)17-10-9-16(22)13-18(17)23/h2,5-6,9-10,13H,3-4,7-8,11-12H2,1H3,(H,24,27). The van der Waals surface area contributed by atoms with Crippen molar-refractivity contribution in [3.63, 3.8) is 0 Å². The van der Waals surface area contributed by atoms with Crippen molar-refractivity contribution in [1.29, 1.82) is 0 Å². The number of amides is 2. The molecular formula is C21H22F2N2O2. The molecule has 2 aromatic carbocycles. The number of anilines is 1. The van der Waals surface area contributed by atoms with Crippen molar-refractivity contribution in [2.24, 2.45) is 0 Å². The Morgan fingerprint density at radius 3 is 2.78 bits per heavy atom. The number of nitrogens with zero attached hydrogens (tertiary/aromatic N) is 1. The topological polar surface area (TPSA) is 49.4 Å². The quantitative estimate of drug-likeness (QED) is 0.813. The Morgan fingerprint density at radius 2 is 2.00 bits per heavy atom. The Bertz CT molecular complexity index is 867. The summed E-state index contributed by atoms with van der Waals surface area (Å²) in [6, 6.07) is 8.89. The number of halogens is 2. The van der Waals surface area contributed by atoms with Crippen LogP contribution in [0.2, 0.25) is 0 Å². The molecule has 1 aliphatic rings. The number of carbonyl (C=O) groups is 2. The van der Waals surface area contributed by atoms with Crippen LogP contribution in [-0.2, 0) is 11.2 Å². The van der Waals surface area contributed by atoms with Crippen molar-refractivity contribution >= 4 is 17.5 Å². The van der Waals surface area contributed by atoms with Crippen LogP contribution < -0.4 is 10.2 Å². The maximum absolute atomic E-state index is 13.6. The lowest BCUT2D eigenvalue weighted by atomic mass is 9.98. The average molecular weight is 372 g/mol. The third kappa shape index (κ3) is 4.32. The van der Waals surface area contributed by atoms with Gasteiger partial charge in [0, 0.05) is 31.3 Å². The molecule has 2 amide bonds. The molecule has 142 valence electrons. The molecule has 6 heteroatoms. The van der Waals surface area contributed by atoms with E-state index < -0.39 is 17.5 Å².